The summed E-state index contributed by atoms with van der Waals surface area (Å²) in [5.74, 6) is 0.466. The number of nitrogens with one attached hydrogen (secondary N) is 2. The molecule has 2 aliphatic rings. The van der Waals surface area contributed by atoms with E-state index in [1.54, 1.807) is 4.31 Å². The quantitative estimate of drug-likeness (QED) is 0.409. The molecule has 0 amide bonds. The highest BCUT2D eigenvalue weighted by atomic mass is 32.2. The Bertz CT molecular complexity index is 1210. The number of aliphatic hydroxyl groups excluding tert-OH is 1. The van der Waals surface area contributed by atoms with Gasteiger partial charge in [0.2, 0.25) is 10.0 Å². The SMILES string of the molecule is O=S(=O)(CCCNC1CCC(O)CC1)N1CCC(c2[nH]nc3ccc(-c4ccccc4)cc23)CC1. The van der Waals surface area contributed by atoms with Gasteiger partial charge in [-0.25, -0.2) is 12.7 Å². The molecule has 5 rings (SSSR count). The number of aromatic nitrogens is 2. The number of H-pyrrole nitrogens is 1. The number of hydrogen-bond acceptors (Lipinski definition) is 5. The third-order valence-electron chi connectivity index (χ3n) is 7.66. The minimum atomic E-state index is -3.25. The van der Waals surface area contributed by atoms with E-state index >= 15 is 0 Å². The standard InChI is InChI=1S/C27H36N4O3S/c32-24-10-8-23(9-11-24)28-15-4-18-35(33,34)31-16-13-21(14-17-31)27-25-19-22(7-12-26(25)29-30-27)20-5-2-1-3-6-20/h1-3,5-7,12,19,21,23-24,28,32H,4,8-11,13-18H2,(H,29,30). The van der Waals surface area contributed by atoms with E-state index in [2.05, 4.69) is 45.8 Å². The third-order valence-corrected chi connectivity index (χ3v) is 9.61. The monoisotopic (exact) mass is 496 g/mol. The van der Waals surface area contributed by atoms with Crippen LogP contribution < -0.4 is 5.32 Å². The molecule has 0 spiro atoms. The maximum Gasteiger partial charge on any atom is 0.214 e. The van der Waals surface area contributed by atoms with Crippen LogP contribution in [0.1, 0.15) is 56.6 Å². The topological polar surface area (TPSA) is 98.3 Å². The lowest BCUT2D eigenvalue weighted by atomic mass is 9.91. The first-order valence-electron chi connectivity index (χ1n) is 12.9. The first kappa shape index (κ1) is 24.4. The normalized spacial score (nSPS) is 22.5. The smallest absolute Gasteiger partial charge is 0.214 e. The highest BCUT2D eigenvalue weighted by molar-refractivity contribution is 7.89. The summed E-state index contributed by atoms with van der Waals surface area (Å²) in [6.45, 7) is 1.82. The number of hydrogen-bond donors (Lipinski definition) is 3. The van der Waals surface area contributed by atoms with E-state index in [1.807, 2.05) is 18.2 Å². The summed E-state index contributed by atoms with van der Waals surface area (Å²) in [6, 6.07) is 17.1. The highest BCUT2D eigenvalue weighted by Crippen LogP contribution is 2.34. The molecule has 2 heterocycles. The molecule has 1 saturated carbocycles. The maximum atomic E-state index is 12.9. The van der Waals surface area contributed by atoms with Crippen LogP contribution in [0.15, 0.2) is 48.5 Å². The fourth-order valence-electron chi connectivity index (χ4n) is 5.54. The number of fused-ring (bicyclic) bond motifs is 1. The fourth-order valence-corrected chi connectivity index (χ4v) is 7.08. The van der Waals surface area contributed by atoms with Crippen molar-refractivity contribution in [3.05, 3.63) is 54.2 Å². The number of benzene rings is 2. The number of nitrogens with zero attached hydrogens (tertiary/aromatic N) is 2. The molecule has 0 radical (unpaired) electrons. The maximum absolute atomic E-state index is 12.9. The summed E-state index contributed by atoms with van der Waals surface area (Å²) >= 11 is 0. The fraction of sp³-hybridized carbons (Fsp3) is 0.519. The molecule has 2 aromatic carbocycles. The van der Waals surface area contributed by atoms with E-state index in [9.17, 15) is 13.5 Å². The molecule has 35 heavy (non-hydrogen) atoms. The molecule has 3 N–H and O–H groups in total. The lowest BCUT2D eigenvalue weighted by Crippen LogP contribution is -2.40. The molecule has 1 saturated heterocycles. The second-order valence-electron chi connectivity index (χ2n) is 10.0. The van der Waals surface area contributed by atoms with E-state index in [4.69, 9.17) is 0 Å². The predicted octanol–water partition coefficient (Wildman–Crippen LogP) is 4.02. The van der Waals surface area contributed by atoms with Crippen molar-refractivity contribution in [2.75, 3.05) is 25.4 Å². The lowest BCUT2D eigenvalue weighted by Gasteiger charge is -2.31. The van der Waals surface area contributed by atoms with E-state index in [0.29, 0.717) is 32.1 Å². The predicted molar refractivity (Wildman–Crippen MR) is 140 cm³/mol. The average molecular weight is 497 g/mol. The van der Waals surface area contributed by atoms with Crippen molar-refractivity contribution in [2.45, 2.75) is 63.0 Å². The van der Waals surface area contributed by atoms with Crippen LogP contribution in [0.2, 0.25) is 0 Å². The Morgan fingerprint density at radius 3 is 2.46 bits per heavy atom. The number of rotatable bonds is 8. The summed E-state index contributed by atoms with van der Waals surface area (Å²) in [5.41, 5.74) is 4.42. The molecular weight excluding hydrogens is 460 g/mol. The molecule has 7 nitrogen and oxygen atoms in total. The zero-order valence-electron chi connectivity index (χ0n) is 20.2. The van der Waals surface area contributed by atoms with Crippen molar-refractivity contribution in [2.24, 2.45) is 0 Å². The summed E-state index contributed by atoms with van der Waals surface area (Å²) in [4.78, 5) is 0. The van der Waals surface area contributed by atoms with Gasteiger partial charge in [-0.15, -0.1) is 0 Å². The zero-order chi connectivity index (χ0) is 24.3. The largest absolute Gasteiger partial charge is 0.393 e. The van der Waals surface area contributed by atoms with Gasteiger partial charge in [0.15, 0.2) is 0 Å². The Balaban J connectivity index is 1.15. The van der Waals surface area contributed by atoms with E-state index in [1.165, 1.54) is 11.1 Å². The van der Waals surface area contributed by atoms with E-state index in [0.717, 1.165) is 55.1 Å². The van der Waals surface area contributed by atoms with Crippen LogP contribution in [-0.4, -0.2) is 65.6 Å². The first-order chi connectivity index (χ1) is 17.0. The van der Waals surface area contributed by atoms with Crippen molar-refractivity contribution in [1.29, 1.82) is 0 Å². The van der Waals surface area contributed by atoms with Crippen LogP contribution in [0.4, 0.5) is 0 Å². The molecule has 188 valence electrons. The molecule has 0 atom stereocenters. The van der Waals surface area contributed by atoms with Crippen LogP contribution in [0.5, 0.6) is 0 Å². The number of aromatic amines is 1. The zero-order valence-corrected chi connectivity index (χ0v) is 21.0. The van der Waals surface area contributed by atoms with Crippen LogP contribution in [0.25, 0.3) is 22.0 Å². The number of piperidine rings is 1. The van der Waals surface area contributed by atoms with Gasteiger partial charge < -0.3 is 10.4 Å². The molecule has 2 fully saturated rings. The van der Waals surface area contributed by atoms with Crippen molar-refractivity contribution in [1.82, 2.24) is 19.8 Å². The molecule has 1 aromatic heterocycles. The Labute approximate surface area is 208 Å². The molecule has 8 heteroatoms. The van der Waals surface area contributed by atoms with Crippen LogP contribution in [0.3, 0.4) is 0 Å². The Kier molecular flexibility index (Phi) is 7.53. The van der Waals surface area contributed by atoms with Crippen LogP contribution in [0, 0.1) is 0 Å². The van der Waals surface area contributed by atoms with E-state index in [-0.39, 0.29) is 17.8 Å². The molecular formula is C27H36N4O3S. The van der Waals surface area contributed by atoms with Crippen molar-refractivity contribution in [3.63, 3.8) is 0 Å². The van der Waals surface area contributed by atoms with E-state index < -0.39 is 10.0 Å². The van der Waals surface area contributed by atoms with Gasteiger partial charge in [0.05, 0.1) is 17.4 Å². The van der Waals surface area contributed by atoms with Gasteiger partial charge >= 0.3 is 0 Å². The molecule has 3 aromatic rings. The molecule has 0 unspecified atom stereocenters. The van der Waals surface area contributed by atoms with Gasteiger partial charge in [-0.05, 0) is 74.8 Å². The lowest BCUT2D eigenvalue weighted by molar-refractivity contribution is 0.117. The van der Waals surface area contributed by atoms with Gasteiger partial charge in [-0.2, -0.15) is 5.10 Å². The minimum absolute atomic E-state index is 0.165. The van der Waals surface area contributed by atoms with Crippen LogP contribution >= 0.6 is 0 Å². The Hall–Kier alpha value is -2.26. The van der Waals surface area contributed by atoms with Crippen LogP contribution in [-0.2, 0) is 10.0 Å². The van der Waals surface area contributed by atoms with Gasteiger partial charge in [0.25, 0.3) is 0 Å². The Morgan fingerprint density at radius 1 is 0.971 bits per heavy atom. The highest BCUT2D eigenvalue weighted by Gasteiger charge is 2.30. The summed E-state index contributed by atoms with van der Waals surface area (Å²) < 4.78 is 27.5. The first-order valence-corrected chi connectivity index (χ1v) is 14.5. The summed E-state index contributed by atoms with van der Waals surface area (Å²) in [7, 11) is -3.25. The van der Waals surface area contributed by atoms with Crippen molar-refractivity contribution >= 4 is 20.9 Å². The second kappa shape index (κ2) is 10.8. The summed E-state index contributed by atoms with van der Waals surface area (Å²) in [6.07, 6.45) is 5.67. The summed E-state index contributed by atoms with van der Waals surface area (Å²) in [5, 5.41) is 22.0. The Morgan fingerprint density at radius 2 is 1.71 bits per heavy atom. The molecule has 1 aliphatic carbocycles. The van der Waals surface area contributed by atoms with Gasteiger partial charge in [-0.3, -0.25) is 5.10 Å². The van der Waals surface area contributed by atoms with Gasteiger partial charge in [-0.1, -0.05) is 36.4 Å². The number of sulfonamides is 1. The van der Waals surface area contributed by atoms with Gasteiger partial charge in [0, 0.05) is 36.1 Å². The van der Waals surface area contributed by atoms with Crippen molar-refractivity contribution < 1.29 is 13.5 Å². The molecule has 0 bridgehead atoms. The third kappa shape index (κ3) is 5.77. The van der Waals surface area contributed by atoms with Gasteiger partial charge in [0.1, 0.15) is 0 Å². The van der Waals surface area contributed by atoms with Crippen molar-refractivity contribution in [3.8, 4) is 11.1 Å². The minimum Gasteiger partial charge on any atom is -0.393 e. The molecule has 1 aliphatic heterocycles. The average Bonchev–Trinajstić information content (AvgIpc) is 3.32. The second-order valence-corrected chi connectivity index (χ2v) is 12.1. The number of aliphatic hydroxyl groups is 1.